The molecule has 1 aromatic heterocycles. The van der Waals surface area contributed by atoms with Gasteiger partial charge in [-0.1, -0.05) is 18.2 Å². The van der Waals surface area contributed by atoms with E-state index in [0.717, 1.165) is 5.69 Å². The highest BCUT2D eigenvalue weighted by atomic mass is 16.7. The van der Waals surface area contributed by atoms with Crippen LogP contribution in [0.3, 0.4) is 0 Å². The third-order valence-electron chi connectivity index (χ3n) is 5.29. The van der Waals surface area contributed by atoms with Gasteiger partial charge in [-0.25, -0.2) is 9.96 Å². The molecule has 0 unspecified atom stereocenters. The molecule has 2 saturated heterocycles. The molecular formula is C22H18N2O5. The van der Waals surface area contributed by atoms with E-state index in [0.29, 0.717) is 17.2 Å². The Hall–Kier alpha value is -3.58. The number of hydrogen-bond acceptors (Lipinski definition) is 6. The molecular weight excluding hydrogens is 372 g/mol. The summed E-state index contributed by atoms with van der Waals surface area (Å²) >= 11 is 0. The van der Waals surface area contributed by atoms with Crippen molar-refractivity contribution >= 4 is 23.2 Å². The summed E-state index contributed by atoms with van der Waals surface area (Å²) in [6.45, 7) is 0. The zero-order valence-corrected chi connectivity index (χ0v) is 15.6. The highest BCUT2D eigenvalue weighted by Gasteiger charge is 2.61. The third-order valence-corrected chi connectivity index (χ3v) is 5.29. The molecule has 5 rings (SSSR count). The number of imide groups is 1. The molecule has 0 bridgehead atoms. The van der Waals surface area contributed by atoms with Crippen LogP contribution in [0.5, 0.6) is 5.75 Å². The molecule has 2 aliphatic rings. The van der Waals surface area contributed by atoms with E-state index in [9.17, 15) is 9.59 Å². The van der Waals surface area contributed by atoms with E-state index in [-0.39, 0.29) is 11.8 Å². The third kappa shape index (κ3) is 2.70. The van der Waals surface area contributed by atoms with Crippen molar-refractivity contribution in [2.45, 2.75) is 12.1 Å². The Morgan fingerprint density at radius 3 is 2.28 bits per heavy atom. The zero-order valence-electron chi connectivity index (χ0n) is 15.6. The molecule has 0 spiro atoms. The normalized spacial score (nSPS) is 23.6. The minimum Gasteiger partial charge on any atom is -0.497 e. The van der Waals surface area contributed by atoms with Crippen LogP contribution in [0.1, 0.15) is 11.8 Å². The number of para-hydroxylation sites is 1. The maximum Gasteiger partial charge on any atom is 0.266 e. The number of methoxy groups -OCH3 is 1. The molecule has 0 saturated carbocycles. The van der Waals surface area contributed by atoms with E-state index in [2.05, 4.69) is 0 Å². The van der Waals surface area contributed by atoms with E-state index in [1.54, 1.807) is 54.8 Å². The summed E-state index contributed by atoms with van der Waals surface area (Å²) in [4.78, 5) is 33.7. The monoisotopic (exact) mass is 390 g/mol. The summed E-state index contributed by atoms with van der Waals surface area (Å²) in [6, 6.07) is 19.2. The van der Waals surface area contributed by atoms with Crippen LogP contribution in [0.4, 0.5) is 11.4 Å². The van der Waals surface area contributed by atoms with Crippen molar-refractivity contribution in [3.63, 3.8) is 0 Å². The number of hydroxylamine groups is 1. The molecule has 0 N–H and O–H groups in total. The minimum atomic E-state index is -0.917. The number of anilines is 2. The summed E-state index contributed by atoms with van der Waals surface area (Å²) in [5.41, 5.74) is 1.24. The summed E-state index contributed by atoms with van der Waals surface area (Å²) in [6.07, 6.45) is 0.633. The number of benzene rings is 2. The Morgan fingerprint density at radius 2 is 1.62 bits per heavy atom. The maximum atomic E-state index is 13.4. The van der Waals surface area contributed by atoms with Gasteiger partial charge in [0.25, 0.3) is 5.91 Å². The van der Waals surface area contributed by atoms with Crippen molar-refractivity contribution in [1.82, 2.24) is 0 Å². The average molecular weight is 390 g/mol. The largest absolute Gasteiger partial charge is 0.497 e. The van der Waals surface area contributed by atoms with Gasteiger partial charge in [-0.05, 0) is 48.5 Å². The fraction of sp³-hybridized carbons (Fsp3) is 0.182. The Morgan fingerprint density at radius 1 is 0.862 bits per heavy atom. The van der Waals surface area contributed by atoms with Crippen molar-refractivity contribution in [3.8, 4) is 5.75 Å². The smallest absolute Gasteiger partial charge is 0.266 e. The maximum absolute atomic E-state index is 13.4. The molecule has 146 valence electrons. The average Bonchev–Trinajstić information content (AvgIpc) is 3.47. The van der Waals surface area contributed by atoms with Crippen molar-refractivity contribution < 1.29 is 23.6 Å². The lowest BCUT2D eigenvalue weighted by atomic mass is 9.94. The van der Waals surface area contributed by atoms with E-state index in [1.165, 1.54) is 4.90 Å². The second-order valence-corrected chi connectivity index (χ2v) is 6.88. The van der Waals surface area contributed by atoms with Crippen molar-refractivity contribution in [3.05, 3.63) is 78.8 Å². The molecule has 2 aromatic carbocycles. The van der Waals surface area contributed by atoms with Crippen molar-refractivity contribution in [1.29, 1.82) is 0 Å². The van der Waals surface area contributed by atoms with Gasteiger partial charge < -0.3 is 9.15 Å². The number of nitrogens with zero attached hydrogens (tertiary/aromatic N) is 2. The molecule has 3 heterocycles. The molecule has 2 fully saturated rings. The Kier molecular flexibility index (Phi) is 4.10. The molecule has 2 aliphatic heterocycles. The highest BCUT2D eigenvalue weighted by Crippen LogP contribution is 2.47. The number of carbonyl (C=O) groups is 2. The lowest BCUT2D eigenvalue weighted by molar-refractivity contribution is -0.126. The summed E-state index contributed by atoms with van der Waals surface area (Å²) in [5.74, 6) is -0.201. The molecule has 3 atom stereocenters. The molecule has 0 aliphatic carbocycles. The van der Waals surface area contributed by atoms with Crippen LogP contribution in [-0.4, -0.2) is 25.0 Å². The first-order chi connectivity index (χ1) is 14.2. The number of amides is 2. The second kappa shape index (κ2) is 6.79. The Bertz CT molecular complexity index is 1030. The fourth-order valence-corrected chi connectivity index (χ4v) is 3.95. The van der Waals surface area contributed by atoms with Crippen LogP contribution in [-0.2, 0) is 14.4 Å². The van der Waals surface area contributed by atoms with Crippen molar-refractivity contribution in [2.24, 2.45) is 5.92 Å². The van der Waals surface area contributed by atoms with Crippen LogP contribution in [0.15, 0.2) is 77.4 Å². The molecule has 29 heavy (non-hydrogen) atoms. The number of carbonyl (C=O) groups excluding carboxylic acids is 2. The standard InChI is InChI=1S/C22H18N2O5/c1-27-16-11-9-14(10-12-16)23-21(25)18-19(17-8-5-13-28-17)24(29-20(18)22(23)26)15-6-3-2-4-7-15/h2-13,18-20H,1H3/t18-,19-,20+/m1/s1. The molecule has 2 amide bonds. The van der Waals surface area contributed by atoms with Gasteiger partial charge in [-0.2, -0.15) is 0 Å². The number of ether oxygens (including phenoxy) is 1. The van der Waals surface area contributed by atoms with E-state index in [4.69, 9.17) is 14.0 Å². The molecule has 3 aromatic rings. The lowest BCUT2D eigenvalue weighted by Crippen LogP contribution is -2.37. The molecule has 0 radical (unpaired) electrons. The van der Waals surface area contributed by atoms with Gasteiger partial charge in [0, 0.05) is 0 Å². The van der Waals surface area contributed by atoms with E-state index < -0.39 is 18.1 Å². The van der Waals surface area contributed by atoms with Gasteiger partial charge >= 0.3 is 0 Å². The Balaban J connectivity index is 1.54. The van der Waals surface area contributed by atoms with Gasteiger partial charge in [-0.15, -0.1) is 0 Å². The molecule has 7 nitrogen and oxygen atoms in total. The van der Waals surface area contributed by atoms with Gasteiger partial charge in [0.05, 0.1) is 24.7 Å². The first kappa shape index (κ1) is 17.5. The summed E-state index contributed by atoms with van der Waals surface area (Å²) < 4.78 is 10.8. The minimum absolute atomic E-state index is 0.315. The van der Waals surface area contributed by atoms with Crippen LogP contribution in [0, 0.1) is 5.92 Å². The zero-order chi connectivity index (χ0) is 20.0. The Labute approximate surface area is 167 Å². The van der Waals surface area contributed by atoms with Crippen LogP contribution in [0.25, 0.3) is 0 Å². The quantitative estimate of drug-likeness (QED) is 0.637. The first-order valence-electron chi connectivity index (χ1n) is 9.25. The topological polar surface area (TPSA) is 72.2 Å². The molecule has 7 heteroatoms. The number of hydrogen-bond donors (Lipinski definition) is 0. The van der Waals surface area contributed by atoms with Crippen LogP contribution < -0.4 is 14.7 Å². The van der Waals surface area contributed by atoms with E-state index >= 15 is 0 Å². The summed E-state index contributed by atoms with van der Waals surface area (Å²) in [7, 11) is 1.56. The number of rotatable bonds is 4. The predicted octanol–water partition coefficient (Wildman–Crippen LogP) is 3.34. The first-order valence-corrected chi connectivity index (χ1v) is 9.25. The summed E-state index contributed by atoms with van der Waals surface area (Å²) in [5, 5.41) is 1.61. The van der Waals surface area contributed by atoms with Gasteiger partial charge in [0.1, 0.15) is 23.5 Å². The SMILES string of the molecule is COc1ccc(N2C(=O)[C@H]3[C@H](ON(c4ccccc4)[C@@H]3c3ccco3)C2=O)cc1. The fourth-order valence-electron chi connectivity index (χ4n) is 3.95. The van der Waals surface area contributed by atoms with Crippen molar-refractivity contribution in [2.75, 3.05) is 17.1 Å². The number of furan rings is 1. The van der Waals surface area contributed by atoms with E-state index in [1.807, 2.05) is 30.3 Å². The van der Waals surface area contributed by atoms with Gasteiger partial charge in [0.15, 0.2) is 6.10 Å². The lowest BCUT2D eigenvalue weighted by Gasteiger charge is -2.27. The second-order valence-electron chi connectivity index (χ2n) is 6.88. The van der Waals surface area contributed by atoms with Gasteiger partial charge in [-0.3, -0.25) is 14.4 Å². The number of fused-ring (bicyclic) bond motifs is 1. The highest BCUT2D eigenvalue weighted by molar-refractivity contribution is 6.23. The van der Waals surface area contributed by atoms with Crippen LogP contribution in [0.2, 0.25) is 0 Å². The van der Waals surface area contributed by atoms with Gasteiger partial charge in [0.2, 0.25) is 5.91 Å². The van der Waals surface area contributed by atoms with Crippen LogP contribution >= 0.6 is 0 Å². The predicted molar refractivity (Wildman–Crippen MR) is 104 cm³/mol.